The molecule has 0 bridgehead atoms. The molecule has 1 fully saturated rings. The topological polar surface area (TPSA) is 0 Å². The van der Waals surface area contributed by atoms with E-state index in [9.17, 15) is 0 Å². The highest BCUT2D eigenvalue weighted by Crippen LogP contribution is 2.38. The van der Waals surface area contributed by atoms with Crippen molar-refractivity contribution in [1.29, 1.82) is 0 Å². The fraction of sp³-hybridized carbons (Fsp3) is 1.00. The summed E-state index contributed by atoms with van der Waals surface area (Å²) in [4.78, 5) is 0. The van der Waals surface area contributed by atoms with Gasteiger partial charge in [-0.05, 0) is 36.0 Å². The van der Waals surface area contributed by atoms with E-state index in [0.29, 0.717) is 5.41 Å². The van der Waals surface area contributed by atoms with Gasteiger partial charge < -0.3 is 0 Å². The molecule has 0 spiro atoms. The smallest absolute Gasteiger partial charge is 0.0380 e. The van der Waals surface area contributed by atoms with Gasteiger partial charge in [-0.2, -0.15) is 0 Å². The summed E-state index contributed by atoms with van der Waals surface area (Å²) in [5.41, 5.74) is 0.537. The minimum Gasteiger partial charge on any atom is -0.0628 e. The molecular weight excluding hydrogens is 180 g/mol. The summed E-state index contributed by atoms with van der Waals surface area (Å²) in [5.74, 6) is 2.96. The van der Waals surface area contributed by atoms with Crippen LogP contribution in [0.4, 0.5) is 0 Å². The highest BCUT2D eigenvalue weighted by Gasteiger charge is 2.25. The molecule has 0 aliphatic heterocycles. The average molecular weight is 210 g/mol. The molecule has 0 heterocycles. The Morgan fingerprint density at radius 2 is 1.40 bits per heavy atom. The Kier molecular flexibility index (Phi) is 4.67. The Labute approximate surface area is 96.8 Å². The standard InChI is InChI=1S/C15H30/c1-12(2)10-13-6-8-14(9-7-13)11-15(3,4)5/h12-14H,6-11H2,1-5H3. The first-order valence-electron chi connectivity index (χ1n) is 6.87. The van der Waals surface area contributed by atoms with Gasteiger partial charge in [0.15, 0.2) is 0 Å². The fourth-order valence-corrected chi connectivity index (χ4v) is 3.20. The van der Waals surface area contributed by atoms with Gasteiger partial charge in [-0.1, -0.05) is 60.3 Å². The van der Waals surface area contributed by atoms with E-state index < -0.39 is 0 Å². The van der Waals surface area contributed by atoms with E-state index in [0.717, 1.165) is 17.8 Å². The molecule has 90 valence electrons. The Hall–Kier alpha value is 0. The molecule has 1 saturated carbocycles. The van der Waals surface area contributed by atoms with Crippen LogP contribution in [0.3, 0.4) is 0 Å². The summed E-state index contributed by atoms with van der Waals surface area (Å²) in [7, 11) is 0. The Morgan fingerprint density at radius 1 is 0.933 bits per heavy atom. The van der Waals surface area contributed by atoms with Crippen LogP contribution in [0.5, 0.6) is 0 Å². The van der Waals surface area contributed by atoms with E-state index in [4.69, 9.17) is 0 Å². The normalized spacial score (nSPS) is 28.4. The van der Waals surface area contributed by atoms with Gasteiger partial charge in [0.25, 0.3) is 0 Å². The van der Waals surface area contributed by atoms with Crippen LogP contribution in [0.15, 0.2) is 0 Å². The van der Waals surface area contributed by atoms with Crippen LogP contribution in [0.25, 0.3) is 0 Å². The van der Waals surface area contributed by atoms with Gasteiger partial charge in [-0.15, -0.1) is 0 Å². The lowest BCUT2D eigenvalue weighted by atomic mass is 9.73. The lowest BCUT2D eigenvalue weighted by Crippen LogP contribution is -2.20. The Balaban J connectivity index is 2.24. The molecule has 0 N–H and O–H groups in total. The van der Waals surface area contributed by atoms with Gasteiger partial charge in [0.05, 0.1) is 0 Å². The third-order valence-corrected chi connectivity index (χ3v) is 3.67. The Morgan fingerprint density at radius 3 is 1.80 bits per heavy atom. The second kappa shape index (κ2) is 5.37. The maximum absolute atomic E-state index is 2.38. The summed E-state index contributed by atoms with van der Waals surface area (Å²) in [5, 5.41) is 0. The van der Waals surface area contributed by atoms with Crippen molar-refractivity contribution < 1.29 is 0 Å². The number of hydrogen-bond acceptors (Lipinski definition) is 0. The fourth-order valence-electron chi connectivity index (χ4n) is 3.20. The van der Waals surface area contributed by atoms with Gasteiger partial charge in [-0.3, -0.25) is 0 Å². The van der Waals surface area contributed by atoms with Crippen molar-refractivity contribution >= 4 is 0 Å². The first-order valence-corrected chi connectivity index (χ1v) is 6.87. The number of hydrogen-bond donors (Lipinski definition) is 0. The van der Waals surface area contributed by atoms with E-state index >= 15 is 0 Å². The van der Waals surface area contributed by atoms with Crippen LogP contribution in [0, 0.1) is 23.2 Å². The lowest BCUT2D eigenvalue weighted by molar-refractivity contribution is 0.191. The predicted octanol–water partition coefficient (Wildman–Crippen LogP) is 5.28. The zero-order chi connectivity index (χ0) is 11.5. The van der Waals surface area contributed by atoms with Gasteiger partial charge in [-0.25, -0.2) is 0 Å². The second-order valence-corrected chi connectivity index (χ2v) is 7.28. The lowest BCUT2D eigenvalue weighted by Gasteiger charge is -2.33. The van der Waals surface area contributed by atoms with Gasteiger partial charge in [0.1, 0.15) is 0 Å². The van der Waals surface area contributed by atoms with Crippen molar-refractivity contribution in [3.63, 3.8) is 0 Å². The first-order chi connectivity index (χ1) is 6.87. The van der Waals surface area contributed by atoms with Crippen LogP contribution < -0.4 is 0 Å². The van der Waals surface area contributed by atoms with Crippen LogP contribution in [0.1, 0.15) is 73.1 Å². The minimum atomic E-state index is 0.537. The molecule has 1 aliphatic carbocycles. The molecule has 0 atom stereocenters. The molecule has 0 saturated heterocycles. The van der Waals surface area contributed by atoms with Crippen LogP contribution in [-0.4, -0.2) is 0 Å². The van der Waals surface area contributed by atoms with Gasteiger partial charge in [0, 0.05) is 0 Å². The van der Waals surface area contributed by atoms with Crippen LogP contribution >= 0.6 is 0 Å². The molecule has 0 aromatic heterocycles. The van der Waals surface area contributed by atoms with Crippen LogP contribution in [0.2, 0.25) is 0 Å². The molecular formula is C15H30. The van der Waals surface area contributed by atoms with Gasteiger partial charge >= 0.3 is 0 Å². The van der Waals surface area contributed by atoms with Crippen LogP contribution in [-0.2, 0) is 0 Å². The highest BCUT2D eigenvalue weighted by atomic mass is 14.3. The molecule has 0 heteroatoms. The largest absolute Gasteiger partial charge is 0.0628 e. The zero-order valence-electron chi connectivity index (χ0n) is 11.5. The van der Waals surface area contributed by atoms with Crippen molar-refractivity contribution in [3.8, 4) is 0 Å². The molecule has 1 aliphatic rings. The van der Waals surface area contributed by atoms with E-state index in [1.807, 2.05) is 0 Å². The minimum absolute atomic E-state index is 0.537. The predicted molar refractivity (Wildman–Crippen MR) is 69.0 cm³/mol. The highest BCUT2D eigenvalue weighted by molar-refractivity contribution is 4.77. The molecule has 1 rings (SSSR count). The van der Waals surface area contributed by atoms with Crippen molar-refractivity contribution in [2.24, 2.45) is 23.2 Å². The summed E-state index contributed by atoms with van der Waals surface area (Å²) in [6.45, 7) is 11.9. The summed E-state index contributed by atoms with van der Waals surface area (Å²) >= 11 is 0. The van der Waals surface area contributed by atoms with Gasteiger partial charge in [0.2, 0.25) is 0 Å². The van der Waals surface area contributed by atoms with E-state index in [-0.39, 0.29) is 0 Å². The third kappa shape index (κ3) is 5.58. The monoisotopic (exact) mass is 210 g/mol. The molecule has 0 nitrogen and oxygen atoms in total. The molecule has 0 aromatic carbocycles. The van der Waals surface area contributed by atoms with Crippen molar-refractivity contribution in [3.05, 3.63) is 0 Å². The number of rotatable bonds is 3. The molecule has 0 unspecified atom stereocenters. The van der Waals surface area contributed by atoms with E-state index in [1.165, 1.54) is 38.5 Å². The average Bonchev–Trinajstić information content (AvgIpc) is 2.05. The van der Waals surface area contributed by atoms with E-state index in [2.05, 4.69) is 34.6 Å². The quantitative estimate of drug-likeness (QED) is 0.595. The van der Waals surface area contributed by atoms with Crippen molar-refractivity contribution in [2.75, 3.05) is 0 Å². The molecule has 15 heavy (non-hydrogen) atoms. The summed E-state index contributed by atoms with van der Waals surface area (Å²) in [6, 6.07) is 0. The van der Waals surface area contributed by atoms with Crippen molar-refractivity contribution in [2.45, 2.75) is 73.1 Å². The maximum Gasteiger partial charge on any atom is -0.0380 e. The zero-order valence-corrected chi connectivity index (χ0v) is 11.5. The summed E-state index contributed by atoms with van der Waals surface area (Å²) in [6.07, 6.45) is 8.88. The molecule has 0 amide bonds. The SMILES string of the molecule is CC(C)CC1CCC(CC(C)(C)C)CC1. The molecule has 0 radical (unpaired) electrons. The van der Waals surface area contributed by atoms with Crippen molar-refractivity contribution in [1.82, 2.24) is 0 Å². The summed E-state index contributed by atoms with van der Waals surface area (Å²) < 4.78 is 0. The Bertz CT molecular complexity index is 165. The first kappa shape index (κ1) is 13.1. The van der Waals surface area contributed by atoms with E-state index in [1.54, 1.807) is 0 Å². The molecule has 0 aromatic rings. The maximum atomic E-state index is 2.38. The second-order valence-electron chi connectivity index (χ2n) is 7.28. The third-order valence-electron chi connectivity index (χ3n) is 3.67.